The number of amides is 4. The van der Waals surface area contributed by atoms with Crippen LogP contribution in [0.25, 0.3) is 6.08 Å². The number of nitrogens with one attached hydrogen (secondary N) is 1. The van der Waals surface area contributed by atoms with Crippen molar-refractivity contribution in [3.8, 4) is 5.75 Å². The predicted molar refractivity (Wildman–Crippen MR) is 175 cm³/mol. The molecule has 45 heavy (non-hydrogen) atoms. The second-order valence-electron chi connectivity index (χ2n) is 12.7. The summed E-state index contributed by atoms with van der Waals surface area (Å²) in [6, 6.07) is 16.5. The van der Waals surface area contributed by atoms with Crippen LogP contribution in [0.15, 0.2) is 75.2 Å². The number of imide groups is 2. The summed E-state index contributed by atoms with van der Waals surface area (Å²) in [7, 11) is 0. The van der Waals surface area contributed by atoms with E-state index >= 15 is 0 Å². The van der Waals surface area contributed by atoms with E-state index < -0.39 is 22.8 Å². The number of halogens is 2. The molecule has 0 unspecified atom stereocenters. The third-order valence-corrected chi connectivity index (χ3v) is 10.9. The van der Waals surface area contributed by atoms with E-state index in [9.17, 15) is 24.5 Å². The molecule has 8 rings (SSSR count). The molecule has 4 saturated carbocycles. The van der Waals surface area contributed by atoms with Gasteiger partial charge in [0.05, 0.1) is 19.6 Å². The van der Waals surface area contributed by atoms with Crippen LogP contribution >= 0.6 is 31.9 Å². The molecule has 1 N–H and O–H groups in total. The monoisotopic (exact) mass is 733 g/mol. The second kappa shape index (κ2) is 11.5. The maximum Gasteiger partial charge on any atom is 0.335 e. The smallest absolute Gasteiger partial charge is 0.335 e. The number of urea groups is 1. The lowest BCUT2D eigenvalue weighted by atomic mass is 9.48. The first-order valence-electron chi connectivity index (χ1n) is 15.0. The van der Waals surface area contributed by atoms with E-state index in [-0.39, 0.29) is 23.3 Å². The van der Waals surface area contributed by atoms with Crippen LogP contribution in [0, 0.1) is 27.9 Å². The molecule has 1 saturated heterocycles. The molecular weight excluding hydrogens is 706 g/mol. The zero-order valence-corrected chi connectivity index (χ0v) is 27.3. The van der Waals surface area contributed by atoms with E-state index in [0.717, 1.165) is 22.7 Å². The van der Waals surface area contributed by atoms with Crippen molar-refractivity contribution in [2.24, 2.45) is 17.8 Å². The van der Waals surface area contributed by atoms with Crippen molar-refractivity contribution in [1.82, 2.24) is 5.32 Å². The molecule has 3 aromatic rings. The van der Waals surface area contributed by atoms with Gasteiger partial charge in [0.2, 0.25) is 0 Å². The number of nitro benzene ring substituents is 1. The molecule has 5 aliphatic rings. The van der Waals surface area contributed by atoms with Crippen LogP contribution < -0.4 is 15.0 Å². The van der Waals surface area contributed by atoms with Crippen LogP contribution in [0.1, 0.15) is 55.2 Å². The summed E-state index contributed by atoms with van der Waals surface area (Å²) in [4.78, 5) is 51.0. The lowest BCUT2D eigenvalue weighted by Crippen LogP contribution is -2.54. The Balaban J connectivity index is 1.10. The third kappa shape index (κ3) is 5.61. The van der Waals surface area contributed by atoms with Gasteiger partial charge < -0.3 is 4.74 Å². The van der Waals surface area contributed by atoms with Gasteiger partial charge in [-0.05, 0) is 141 Å². The van der Waals surface area contributed by atoms with E-state index in [1.807, 2.05) is 12.1 Å². The minimum atomic E-state index is -0.781. The fraction of sp³-hybridized carbons (Fsp3) is 0.324. The van der Waals surface area contributed by atoms with Gasteiger partial charge in [-0.15, -0.1) is 0 Å². The Bertz CT molecular complexity index is 1730. The molecule has 0 atom stereocenters. The number of rotatable bonds is 7. The van der Waals surface area contributed by atoms with Gasteiger partial charge in [-0.1, -0.05) is 24.3 Å². The number of nitro groups is 1. The van der Waals surface area contributed by atoms with Gasteiger partial charge >= 0.3 is 6.03 Å². The largest absolute Gasteiger partial charge is 0.487 e. The molecule has 0 radical (unpaired) electrons. The van der Waals surface area contributed by atoms with E-state index in [1.54, 1.807) is 24.3 Å². The maximum atomic E-state index is 13.6. The highest BCUT2D eigenvalue weighted by atomic mass is 79.9. The molecule has 3 aromatic carbocycles. The number of hydrogen-bond donors (Lipinski definition) is 1. The van der Waals surface area contributed by atoms with Gasteiger partial charge in [-0.2, -0.15) is 0 Å². The van der Waals surface area contributed by atoms with E-state index in [2.05, 4.69) is 49.3 Å². The van der Waals surface area contributed by atoms with Gasteiger partial charge in [0, 0.05) is 12.1 Å². The summed E-state index contributed by atoms with van der Waals surface area (Å²) in [6.45, 7) is 0.0823. The average molecular weight is 735 g/mol. The molecule has 9 nitrogen and oxygen atoms in total. The van der Waals surface area contributed by atoms with E-state index in [4.69, 9.17) is 4.74 Å². The lowest BCUT2D eigenvalue weighted by Gasteiger charge is -2.57. The zero-order valence-electron chi connectivity index (χ0n) is 24.1. The number of non-ortho nitro benzene ring substituents is 1. The minimum Gasteiger partial charge on any atom is -0.487 e. The maximum absolute atomic E-state index is 13.6. The normalized spacial score (nSPS) is 26.4. The summed E-state index contributed by atoms with van der Waals surface area (Å²) in [5, 5.41) is 13.4. The Morgan fingerprint density at radius 2 is 1.56 bits per heavy atom. The van der Waals surface area contributed by atoms with Crippen LogP contribution in [0.3, 0.4) is 0 Å². The van der Waals surface area contributed by atoms with Crippen molar-refractivity contribution in [1.29, 1.82) is 0 Å². The van der Waals surface area contributed by atoms with Crippen molar-refractivity contribution in [3.05, 3.63) is 102 Å². The van der Waals surface area contributed by atoms with Gasteiger partial charge in [0.1, 0.15) is 17.9 Å². The molecule has 1 heterocycles. The van der Waals surface area contributed by atoms with Crippen LogP contribution in [-0.4, -0.2) is 22.8 Å². The number of anilines is 1. The second-order valence-corrected chi connectivity index (χ2v) is 14.4. The first kappa shape index (κ1) is 29.9. The molecule has 5 fully saturated rings. The summed E-state index contributed by atoms with van der Waals surface area (Å²) >= 11 is 6.97. The van der Waals surface area contributed by atoms with Gasteiger partial charge in [0.25, 0.3) is 17.5 Å². The summed E-state index contributed by atoms with van der Waals surface area (Å²) in [6.07, 6.45) is 9.14. The van der Waals surface area contributed by atoms with Gasteiger partial charge in [-0.25, -0.2) is 9.69 Å². The molecule has 4 amide bonds. The molecule has 4 aliphatic carbocycles. The first-order valence-corrected chi connectivity index (χ1v) is 16.5. The molecule has 0 aromatic heterocycles. The quantitative estimate of drug-likeness (QED) is 0.114. The highest BCUT2D eigenvalue weighted by molar-refractivity contribution is 9.11. The standard InChI is InChI=1S/C34H29Br2N3O6/c35-28-13-20(14-29(36)30(28)45-18-19-2-1-3-26(11-19)39(43)44)12-27-31(40)37-33(42)38(32(27)41)25-6-4-24(5-7-25)34-15-21-8-22(16-34)10-23(9-21)17-34/h1-7,11-14,21-23H,8-10,15-18H2,(H,37,40,42)/b27-12+. The van der Waals surface area contributed by atoms with Crippen LogP contribution in [0.5, 0.6) is 5.75 Å². The van der Waals surface area contributed by atoms with Crippen molar-refractivity contribution in [3.63, 3.8) is 0 Å². The van der Waals surface area contributed by atoms with Gasteiger partial charge in [0.15, 0.2) is 0 Å². The van der Waals surface area contributed by atoms with Crippen LogP contribution in [-0.2, 0) is 21.6 Å². The Hall–Kier alpha value is -3.83. The van der Waals surface area contributed by atoms with E-state index in [0.29, 0.717) is 31.5 Å². The number of nitrogens with zero attached hydrogens (tertiary/aromatic N) is 2. The molecular formula is C34H29Br2N3O6. The average Bonchev–Trinajstić information content (AvgIpc) is 2.98. The minimum absolute atomic E-state index is 0.0299. The first-order chi connectivity index (χ1) is 21.6. The van der Waals surface area contributed by atoms with Crippen molar-refractivity contribution >= 4 is 67.2 Å². The summed E-state index contributed by atoms with van der Waals surface area (Å²) in [5.74, 6) is 1.38. The SMILES string of the molecule is O=C1NC(=O)N(c2ccc(C34CC5CC(CC(C5)C3)C4)cc2)C(=O)/C1=C/c1cc(Br)c(OCc2cccc([N+](=O)[O-])c2)c(Br)c1. The van der Waals surface area contributed by atoms with Crippen LogP contribution in [0.2, 0.25) is 0 Å². The van der Waals surface area contributed by atoms with Crippen molar-refractivity contribution in [2.75, 3.05) is 4.90 Å². The number of carbonyl (C=O) groups is 3. The van der Waals surface area contributed by atoms with Crippen LogP contribution in [0.4, 0.5) is 16.2 Å². The third-order valence-electron chi connectivity index (χ3n) is 9.71. The molecule has 0 spiro atoms. The zero-order chi connectivity index (χ0) is 31.5. The Labute approximate surface area is 276 Å². The fourth-order valence-electron chi connectivity index (χ4n) is 8.20. The fourth-order valence-corrected chi connectivity index (χ4v) is 9.65. The number of benzene rings is 3. The lowest BCUT2D eigenvalue weighted by molar-refractivity contribution is -0.384. The molecule has 4 bridgehead atoms. The Morgan fingerprint density at radius 3 is 2.16 bits per heavy atom. The van der Waals surface area contributed by atoms with E-state index in [1.165, 1.54) is 62.3 Å². The highest BCUT2D eigenvalue weighted by Crippen LogP contribution is 2.60. The predicted octanol–water partition coefficient (Wildman–Crippen LogP) is 7.83. The Morgan fingerprint density at radius 1 is 0.933 bits per heavy atom. The summed E-state index contributed by atoms with van der Waals surface area (Å²) in [5.41, 5.74) is 2.82. The molecule has 230 valence electrons. The summed E-state index contributed by atoms with van der Waals surface area (Å²) < 4.78 is 6.98. The number of hydrogen-bond acceptors (Lipinski definition) is 6. The number of barbiturate groups is 1. The van der Waals surface area contributed by atoms with Crippen molar-refractivity contribution < 1.29 is 24.0 Å². The highest BCUT2D eigenvalue weighted by Gasteiger charge is 2.51. The topological polar surface area (TPSA) is 119 Å². The molecule has 1 aliphatic heterocycles. The molecule has 11 heteroatoms. The van der Waals surface area contributed by atoms with Crippen molar-refractivity contribution in [2.45, 2.75) is 50.5 Å². The van der Waals surface area contributed by atoms with Gasteiger partial charge in [-0.3, -0.25) is 25.0 Å². The Kier molecular flexibility index (Phi) is 7.64. The number of carbonyl (C=O) groups excluding carboxylic acids is 3. The number of ether oxygens (including phenoxy) is 1.